The maximum Gasteiger partial charge on any atom is 0.222 e. The highest BCUT2D eigenvalue weighted by Crippen LogP contribution is 2.66. The van der Waals surface area contributed by atoms with Crippen LogP contribution in [0.2, 0.25) is 0 Å². The van der Waals surface area contributed by atoms with E-state index in [9.17, 15) is 4.79 Å². The number of halogens is 1. The molecule has 1 aliphatic heterocycles. The number of hydrogen-bond donors (Lipinski definition) is 0. The summed E-state index contributed by atoms with van der Waals surface area (Å²) in [5, 5.41) is 0. The lowest BCUT2D eigenvalue weighted by Gasteiger charge is -2.61. The molecule has 0 aromatic heterocycles. The zero-order valence-corrected chi connectivity index (χ0v) is 15.5. The smallest absolute Gasteiger partial charge is 0.222 e. The fourth-order valence-electron chi connectivity index (χ4n) is 7.18. The van der Waals surface area contributed by atoms with Gasteiger partial charge >= 0.3 is 0 Å². The van der Waals surface area contributed by atoms with Crippen molar-refractivity contribution in [2.75, 3.05) is 7.05 Å². The number of allylic oxidation sites excluding steroid dienone is 1. The fraction of sp³-hybridized carbons (Fsp3) is 0.850. The van der Waals surface area contributed by atoms with Crippen LogP contribution in [0.25, 0.3) is 0 Å². The highest BCUT2D eigenvalue weighted by molar-refractivity contribution is 6.25. The van der Waals surface area contributed by atoms with Crippen molar-refractivity contribution in [3.8, 4) is 0 Å². The van der Waals surface area contributed by atoms with Crippen molar-refractivity contribution in [1.82, 2.24) is 4.90 Å². The summed E-state index contributed by atoms with van der Waals surface area (Å²) in [6.45, 7) is 4.97. The van der Waals surface area contributed by atoms with E-state index in [2.05, 4.69) is 18.7 Å². The maximum atomic E-state index is 12.2. The number of amides is 1. The number of carbonyl (C=O) groups excluding carboxylic acids is 1. The average Bonchev–Trinajstić information content (AvgIpc) is 2.88. The predicted molar refractivity (Wildman–Crippen MR) is 94.1 cm³/mol. The second-order valence-electron chi connectivity index (χ2n) is 9.11. The molecular formula is C20H30ClNO. The van der Waals surface area contributed by atoms with Gasteiger partial charge in [-0.25, -0.2) is 0 Å². The zero-order valence-electron chi connectivity index (χ0n) is 14.8. The van der Waals surface area contributed by atoms with Crippen molar-refractivity contribution in [2.45, 2.75) is 71.3 Å². The summed E-state index contributed by atoms with van der Waals surface area (Å²) in [5.41, 5.74) is 4.08. The van der Waals surface area contributed by atoms with Crippen molar-refractivity contribution >= 4 is 17.5 Å². The Hall–Kier alpha value is -0.500. The summed E-state index contributed by atoms with van der Waals surface area (Å²) in [5.74, 6) is 2.81. The van der Waals surface area contributed by atoms with Gasteiger partial charge in [0.2, 0.25) is 5.91 Å². The number of hydrogen-bond acceptors (Lipinski definition) is 1. The van der Waals surface area contributed by atoms with E-state index < -0.39 is 0 Å². The van der Waals surface area contributed by atoms with Gasteiger partial charge in [-0.1, -0.05) is 31.0 Å². The molecule has 0 spiro atoms. The fourth-order valence-corrected chi connectivity index (χ4v) is 7.54. The van der Waals surface area contributed by atoms with E-state index in [-0.39, 0.29) is 0 Å². The summed E-state index contributed by atoms with van der Waals surface area (Å²) in [6, 6.07) is 0.471. The first-order valence-corrected chi connectivity index (χ1v) is 9.91. The first kappa shape index (κ1) is 16.0. The molecule has 1 heterocycles. The Balaban J connectivity index is 1.66. The minimum absolute atomic E-state index is 0.334. The molecule has 4 rings (SSSR count). The van der Waals surface area contributed by atoms with Crippen LogP contribution in [0.4, 0.5) is 0 Å². The van der Waals surface area contributed by atoms with Crippen LogP contribution < -0.4 is 0 Å². The van der Waals surface area contributed by atoms with Gasteiger partial charge in [0.1, 0.15) is 0 Å². The standard InChI is InChI=1S/C20H30ClNO/c1-19-10-8-16-14(15(19)6-4-13(19)12-21)5-7-17-20(16,2)11-9-18(23)22(17)3/h12,14-17H,4-11H2,1-3H3/b13-12+/t14?,15?,16?,17-,19+,20+/m0/s1. The minimum Gasteiger partial charge on any atom is -0.342 e. The van der Waals surface area contributed by atoms with Gasteiger partial charge in [0.25, 0.3) is 0 Å². The first-order valence-electron chi connectivity index (χ1n) is 9.47. The molecule has 6 atom stereocenters. The van der Waals surface area contributed by atoms with E-state index in [0.29, 0.717) is 22.8 Å². The summed E-state index contributed by atoms with van der Waals surface area (Å²) in [7, 11) is 2.04. The number of likely N-dealkylation sites (tertiary alicyclic amines) is 1. The Morgan fingerprint density at radius 2 is 1.87 bits per heavy atom. The van der Waals surface area contributed by atoms with Crippen molar-refractivity contribution in [3.63, 3.8) is 0 Å². The molecule has 3 aliphatic carbocycles. The van der Waals surface area contributed by atoms with Crippen LogP contribution >= 0.6 is 11.6 Å². The van der Waals surface area contributed by atoms with Crippen LogP contribution in [0, 0.1) is 28.6 Å². The van der Waals surface area contributed by atoms with E-state index >= 15 is 0 Å². The van der Waals surface area contributed by atoms with Gasteiger partial charge in [-0.15, -0.1) is 0 Å². The molecular weight excluding hydrogens is 306 g/mol. The predicted octanol–water partition coefficient (Wildman–Crippen LogP) is 4.97. The van der Waals surface area contributed by atoms with Crippen molar-refractivity contribution < 1.29 is 4.79 Å². The molecule has 0 aromatic rings. The first-order chi connectivity index (χ1) is 10.9. The van der Waals surface area contributed by atoms with Gasteiger partial charge in [-0.2, -0.15) is 0 Å². The molecule has 128 valence electrons. The molecule has 2 nitrogen and oxygen atoms in total. The SMILES string of the molecule is CN1C(=O)CC[C@]2(C)C3CC[C@]4(C)/C(=C/Cl)CCC4C3CC[C@H]12. The van der Waals surface area contributed by atoms with Crippen LogP contribution in [-0.2, 0) is 4.79 Å². The molecule has 4 fully saturated rings. The van der Waals surface area contributed by atoms with Gasteiger partial charge in [-0.05, 0) is 73.5 Å². The van der Waals surface area contributed by atoms with Gasteiger partial charge in [-0.3, -0.25) is 4.79 Å². The van der Waals surface area contributed by atoms with E-state index in [1.54, 1.807) is 0 Å². The second kappa shape index (κ2) is 5.25. The zero-order chi connectivity index (χ0) is 16.4. The van der Waals surface area contributed by atoms with E-state index in [0.717, 1.165) is 30.6 Å². The molecule has 1 saturated heterocycles. The Morgan fingerprint density at radius 3 is 2.61 bits per heavy atom. The molecule has 0 bridgehead atoms. The van der Waals surface area contributed by atoms with Crippen molar-refractivity contribution in [1.29, 1.82) is 0 Å². The van der Waals surface area contributed by atoms with Crippen LogP contribution in [0.5, 0.6) is 0 Å². The Labute approximate surface area is 145 Å². The van der Waals surface area contributed by atoms with Crippen molar-refractivity contribution in [3.05, 3.63) is 11.1 Å². The summed E-state index contributed by atoms with van der Waals surface area (Å²) in [6.07, 6.45) is 9.49. The largest absolute Gasteiger partial charge is 0.342 e. The number of fused-ring (bicyclic) bond motifs is 5. The molecule has 0 N–H and O–H groups in total. The number of carbonyl (C=O) groups is 1. The lowest BCUT2D eigenvalue weighted by Crippen LogP contribution is -2.61. The third kappa shape index (κ3) is 2.03. The van der Waals surface area contributed by atoms with Gasteiger partial charge in [0.15, 0.2) is 0 Å². The lowest BCUT2D eigenvalue weighted by atomic mass is 9.47. The number of piperidine rings is 1. The Kier molecular flexibility index (Phi) is 3.65. The maximum absolute atomic E-state index is 12.2. The minimum atomic E-state index is 0.334. The quantitative estimate of drug-likeness (QED) is 0.612. The van der Waals surface area contributed by atoms with Gasteiger partial charge < -0.3 is 4.90 Å². The number of nitrogens with zero attached hydrogens (tertiary/aromatic N) is 1. The third-order valence-corrected chi connectivity index (χ3v) is 8.80. The molecule has 3 saturated carbocycles. The van der Waals surface area contributed by atoms with Crippen LogP contribution in [0.1, 0.15) is 65.2 Å². The van der Waals surface area contributed by atoms with Gasteiger partial charge in [0.05, 0.1) is 0 Å². The topological polar surface area (TPSA) is 20.3 Å². The molecule has 3 unspecified atom stereocenters. The van der Waals surface area contributed by atoms with Crippen molar-refractivity contribution in [2.24, 2.45) is 28.6 Å². The van der Waals surface area contributed by atoms with Gasteiger partial charge in [0, 0.05) is 25.0 Å². The highest BCUT2D eigenvalue weighted by Gasteiger charge is 2.59. The lowest BCUT2D eigenvalue weighted by molar-refractivity contribution is -0.156. The molecule has 1 amide bonds. The molecule has 4 aliphatic rings. The second-order valence-corrected chi connectivity index (χ2v) is 9.33. The van der Waals surface area contributed by atoms with E-state index in [1.165, 1.54) is 44.1 Å². The Morgan fingerprint density at radius 1 is 1.09 bits per heavy atom. The molecule has 23 heavy (non-hydrogen) atoms. The highest BCUT2D eigenvalue weighted by atomic mass is 35.5. The van der Waals surface area contributed by atoms with E-state index in [4.69, 9.17) is 11.6 Å². The van der Waals surface area contributed by atoms with Crippen LogP contribution in [-0.4, -0.2) is 23.9 Å². The van der Waals surface area contributed by atoms with Crippen LogP contribution in [0.15, 0.2) is 11.1 Å². The number of rotatable bonds is 0. The normalized spacial score (nSPS) is 51.4. The average molecular weight is 336 g/mol. The molecule has 3 heteroatoms. The monoisotopic (exact) mass is 335 g/mol. The summed E-state index contributed by atoms with van der Waals surface area (Å²) >= 11 is 6.16. The molecule has 0 aromatic carbocycles. The summed E-state index contributed by atoms with van der Waals surface area (Å²) in [4.78, 5) is 14.3. The van der Waals surface area contributed by atoms with E-state index in [1.807, 2.05) is 12.6 Å². The molecule has 0 radical (unpaired) electrons. The Bertz CT molecular complexity index is 558. The summed E-state index contributed by atoms with van der Waals surface area (Å²) < 4.78 is 0. The third-order valence-electron chi connectivity index (χ3n) is 8.54. The van der Waals surface area contributed by atoms with Crippen LogP contribution in [0.3, 0.4) is 0 Å².